The highest BCUT2D eigenvalue weighted by Crippen LogP contribution is 2.47. The summed E-state index contributed by atoms with van der Waals surface area (Å²) in [5.41, 5.74) is 1.70. The van der Waals surface area contributed by atoms with Crippen LogP contribution in [0.25, 0.3) is 0 Å². The maximum Gasteiger partial charge on any atom is 0.341 e. The van der Waals surface area contributed by atoms with E-state index >= 15 is 0 Å². The molecule has 0 bridgehead atoms. The van der Waals surface area contributed by atoms with E-state index in [2.05, 4.69) is 22.6 Å². The average Bonchev–Trinajstić information content (AvgIpc) is 3.12. The van der Waals surface area contributed by atoms with Crippen molar-refractivity contribution in [3.63, 3.8) is 0 Å². The van der Waals surface area contributed by atoms with Crippen LogP contribution in [0.15, 0.2) is 12.1 Å². The minimum atomic E-state index is -0.303. The highest BCUT2D eigenvalue weighted by Gasteiger charge is 2.31. The highest BCUT2D eigenvalue weighted by molar-refractivity contribution is 14.1. The van der Waals surface area contributed by atoms with Crippen molar-refractivity contribution in [2.24, 2.45) is 0 Å². The van der Waals surface area contributed by atoms with Crippen LogP contribution < -0.4 is 4.74 Å². The molecule has 0 atom stereocenters. The van der Waals surface area contributed by atoms with E-state index < -0.39 is 0 Å². The zero-order valence-electron chi connectivity index (χ0n) is 9.96. The van der Waals surface area contributed by atoms with Gasteiger partial charge in [-0.2, -0.15) is 0 Å². The van der Waals surface area contributed by atoms with Gasteiger partial charge in [0.15, 0.2) is 0 Å². The molecule has 0 saturated heterocycles. The number of benzene rings is 1. The first-order valence-electron chi connectivity index (χ1n) is 5.72. The SMILES string of the molecule is CCOC(=O)c1ccc(I)c(C2CC2)c1OC. The Hall–Kier alpha value is -0.780. The van der Waals surface area contributed by atoms with Gasteiger partial charge in [-0.3, -0.25) is 0 Å². The van der Waals surface area contributed by atoms with E-state index in [0.717, 1.165) is 3.57 Å². The molecule has 1 saturated carbocycles. The fourth-order valence-corrected chi connectivity index (χ4v) is 2.78. The Kier molecular flexibility index (Phi) is 3.91. The fraction of sp³-hybridized carbons (Fsp3) is 0.462. The van der Waals surface area contributed by atoms with Crippen molar-refractivity contribution in [3.05, 3.63) is 26.8 Å². The first-order valence-corrected chi connectivity index (χ1v) is 6.80. The summed E-state index contributed by atoms with van der Waals surface area (Å²) in [5, 5.41) is 0. The fourth-order valence-electron chi connectivity index (χ4n) is 1.92. The maximum absolute atomic E-state index is 11.8. The van der Waals surface area contributed by atoms with E-state index in [1.807, 2.05) is 6.07 Å². The molecule has 1 aliphatic rings. The van der Waals surface area contributed by atoms with Gasteiger partial charge in [0.2, 0.25) is 0 Å². The van der Waals surface area contributed by atoms with Gasteiger partial charge >= 0.3 is 5.97 Å². The predicted octanol–water partition coefficient (Wildman–Crippen LogP) is 3.35. The number of methoxy groups -OCH3 is 1. The van der Waals surface area contributed by atoms with Gasteiger partial charge in [-0.05, 0) is 60.4 Å². The van der Waals surface area contributed by atoms with E-state index in [4.69, 9.17) is 9.47 Å². The van der Waals surface area contributed by atoms with Crippen molar-refractivity contribution >= 4 is 28.6 Å². The number of esters is 1. The topological polar surface area (TPSA) is 35.5 Å². The molecule has 0 spiro atoms. The van der Waals surface area contributed by atoms with Crippen LogP contribution in [0.3, 0.4) is 0 Å². The summed E-state index contributed by atoms with van der Waals surface area (Å²) in [6.07, 6.45) is 2.36. The van der Waals surface area contributed by atoms with E-state index in [1.165, 1.54) is 18.4 Å². The summed E-state index contributed by atoms with van der Waals surface area (Å²) in [6, 6.07) is 3.74. The molecule has 4 heteroatoms. The van der Waals surface area contributed by atoms with Crippen molar-refractivity contribution in [1.29, 1.82) is 0 Å². The Bertz CT molecular complexity index is 439. The van der Waals surface area contributed by atoms with Crippen molar-refractivity contribution < 1.29 is 14.3 Å². The summed E-state index contributed by atoms with van der Waals surface area (Å²) in [4.78, 5) is 11.8. The molecule has 0 unspecified atom stereocenters. The Morgan fingerprint density at radius 1 is 1.47 bits per heavy atom. The van der Waals surface area contributed by atoms with Crippen molar-refractivity contribution in [1.82, 2.24) is 0 Å². The summed E-state index contributed by atoms with van der Waals surface area (Å²) < 4.78 is 11.6. The number of carbonyl (C=O) groups excluding carboxylic acids is 1. The van der Waals surface area contributed by atoms with Crippen LogP contribution in [-0.2, 0) is 4.74 Å². The van der Waals surface area contributed by atoms with Gasteiger partial charge in [-0.25, -0.2) is 4.79 Å². The number of ether oxygens (including phenoxy) is 2. The number of halogens is 1. The van der Waals surface area contributed by atoms with E-state index in [0.29, 0.717) is 23.8 Å². The minimum Gasteiger partial charge on any atom is -0.496 e. The molecule has 0 N–H and O–H groups in total. The molecule has 1 aliphatic carbocycles. The van der Waals surface area contributed by atoms with Crippen molar-refractivity contribution in [3.8, 4) is 5.75 Å². The smallest absolute Gasteiger partial charge is 0.341 e. The molecule has 2 rings (SSSR count). The summed E-state index contributed by atoms with van der Waals surface area (Å²) >= 11 is 2.29. The van der Waals surface area contributed by atoms with Crippen LogP contribution >= 0.6 is 22.6 Å². The van der Waals surface area contributed by atoms with Gasteiger partial charge in [0.25, 0.3) is 0 Å². The third kappa shape index (κ3) is 2.56. The molecule has 1 aromatic carbocycles. The van der Waals surface area contributed by atoms with Crippen LogP contribution in [0.5, 0.6) is 5.75 Å². The normalized spacial score (nSPS) is 14.5. The second-order valence-electron chi connectivity index (χ2n) is 4.04. The van der Waals surface area contributed by atoms with Crippen LogP contribution in [0, 0.1) is 3.57 Å². The van der Waals surface area contributed by atoms with E-state index in [9.17, 15) is 4.79 Å². The molecule has 1 aromatic rings. The lowest BCUT2D eigenvalue weighted by atomic mass is 10.0. The highest BCUT2D eigenvalue weighted by atomic mass is 127. The second kappa shape index (κ2) is 5.25. The Morgan fingerprint density at radius 3 is 2.71 bits per heavy atom. The lowest BCUT2D eigenvalue weighted by Gasteiger charge is -2.14. The van der Waals surface area contributed by atoms with Crippen LogP contribution in [0.2, 0.25) is 0 Å². The van der Waals surface area contributed by atoms with E-state index in [-0.39, 0.29) is 5.97 Å². The zero-order chi connectivity index (χ0) is 12.4. The molecular formula is C13H15IO3. The number of rotatable bonds is 4. The summed E-state index contributed by atoms with van der Waals surface area (Å²) in [5.74, 6) is 0.937. The molecule has 0 aliphatic heterocycles. The maximum atomic E-state index is 11.8. The van der Waals surface area contributed by atoms with Gasteiger partial charge in [0.05, 0.1) is 13.7 Å². The van der Waals surface area contributed by atoms with Crippen LogP contribution in [0.1, 0.15) is 41.6 Å². The third-order valence-corrected chi connectivity index (χ3v) is 3.77. The monoisotopic (exact) mass is 346 g/mol. The van der Waals surface area contributed by atoms with Gasteiger partial charge in [0.1, 0.15) is 11.3 Å². The molecule has 17 heavy (non-hydrogen) atoms. The first kappa shape index (κ1) is 12.7. The number of hydrogen-bond donors (Lipinski definition) is 0. The Morgan fingerprint density at radius 2 is 2.18 bits per heavy atom. The van der Waals surface area contributed by atoms with Gasteiger partial charge in [-0.1, -0.05) is 0 Å². The third-order valence-electron chi connectivity index (χ3n) is 2.83. The molecule has 92 valence electrons. The quantitative estimate of drug-likeness (QED) is 0.620. The molecule has 0 radical (unpaired) electrons. The number of carbonyl (C=O) groups is 1. The lowest BCUT2D eigenvalue weighted by Crippen LogP contribution is -2.09. The molecule has 0 amide bonds. The molecule has 3 nitrogen and oxygen atoms in total. The average molecular weight is 346 g/mol. The van der Waals surface area contributed by atoms with Crippen LogP contribution in [0.4, 0.5) is 0 Å². The predicted molar refractivity (Wildman–Crippen MR) is 73.6 cm³/mol. The molecular weight excluding hydrogens is 331 g/mol. The Balaban J connectivity index is 2.45. The van der Waals surface area contributed by atoms with Crippen LogP contribution in [-0.4, -0.2) is 19.7 Å². The lowest BCUT2D eigenvalue weighted by molar-refractivity contribution is 0.0522. The standard InChI is InChI=1S/C13H15IO3/c1-3-17-13(15)9-6-7-10(14)11(8-4-5-8)12(9)16-2/h6-8H,3-5H2,1-2H3. The molecule has 1 fully saturated rings. The second-order valence-corrected chi connectivity index (χ2v) is 5.20. The van der Waals surface area contributed by atoms with Gasteiger partial charge < -0.3 is 9.47 Å². The van der Waals surface area contributed by atoms with E-state index in [1.54, 1.807) is 20.1 Å². The molecule has 0 aromatic heterocycles. The summed E-state index contributed by atoms with van der Waals surface area (Å²) in [7, 11) is 1.61. The van der Waals surface area contributed by atoms with Gasteiger partial charge in [0, 0.05) is 9.13 Å². The summed E-state index contributed by atoms with van der Waals surface area (Å²) in [6.45, 7) is 2.19. The number of hydrogen-bond acceptors (Lipinski definition) is 3. The Labute approximate surface area is 115 Å². The van der Waals surface area contributed by atoms with Gasteiger partial charge in [-0.15, -0.1) is 0 Å². The zero-order valence-corrected chi connectivity index (χ0v) is 12.1. The minimum absolute atomic E-state index is 0.303. The van der Waals surface area contributed by atoms with Crippen molar-refractivity contribution in [2.75, 3.05) is 13.7 Å². The largest absolute Gasteiger partial charge is 0.496 e. The van der Waals surface area contributed by atoms with Crippen molar-refractivity contribution in [2.45, 2.75) is 25.7 Å². The molecule has 0 heterocycles. The first-order chi connectivity index (χ1) is 8.19.